The molecule has 138 valence electrons. The molecular weight excluding hydrogens is 350 g/mol. The first kappa shape index (κ1) is 18.2. The zero-order chi connectivity index (χ0) is 19.1. The third-order valence-electron chi connectivity index (χ3n) is 3.59. The molecule has 8 heteroatoms. The Bertz CT molecular complexity index is 924. The maximum absolute atomic E-state index is 11.9. The molecule has 3 aromatic rings. The summed E-state index contributed by atoms with van der Waals surface area (Å²) in [4.78, 5) is 23.7. The van der Waals surface area contributed by atoms with Crippen molar-refractivity contribution in [1.29, 1.82) is 0 Å². The number of hydrogen-bond acceptors (Lipinski definition) is 6. The van der Waals surface area contributed by atoms with Crippen LogP contribution in [0, 0.1) is 0 Å². The van der Waals surface area contributed by atoms with Gasteiger partial charge in [0.1, 0.15) is 12.4 Å². The van der Waals surface area contributed by atoms with Crippen LogP contribution in [-0.4, -0.2) is 28.7 Å². The molecule has 0 unspecified atom stereocenters. The Morgan fingerprint density at radius 1 is 1.04 bits per heavy atom. The van der Waals surface area contributed by atoms with E-state index >= 15 is 0 Å². The number of ether oxygens (including phenoxy) is 1. The second kappa shape index (κ2) is 8.63. The van der Waals surface area contributed by atoms with Crippen molar-refractivity contribution in [2.75, 3.05) is 6.61 Å². The van der Waals surface area contributed by atoms with Crippen LogP contribution >= 0.6 is 0 Å². The van der Waals surface area contributed by atoms with Crippen molar-refractivity contribution in [2.45, 2.75) is 6.61 Å². The number of amides is 2. The summed E-state index contributed by atoms with van der Waals surface area (Å²) in [7, 11) is 0. The zero-order valence-electron chi connectivity index (χ0n) is 14.2. The Morgan fingerprint density at radius 3 is 2.52 bits per heavy atom. The quantitative estimate of drug-likeness (QED) is 0.571. The number of rotatable bonds is 6. The van der Waals surface area contributed by atoms with E-state index in [0.717, 1.165) is 11.1 Å². The molecule has 2 aromatic carbocycles. The molecule has 0 aliphatic heterocycles. The van der Waals surface area contributed by atoms with Crippen LogP contribution in [0.5, 0.6) is 5.75 Å². The summed E-state index contributed by atoms with van der Waals surface area (Å²) in [6.45, 7) is -0.661. The Balaban J connectivity index is 1.55. The first-order chi connectivity index (χ1) is 13.2. The minimum Gasteiger partial charge on any atom is -0.483 e. The molecule has 0 aliphatic carbocycles. The average molecular weight is 367 g/mol. The number of nitrogens with zero attached hydrogens (tertiary/aromatic N) is 1. The Labute approximate surface area is 154 Å². The Kier molecular flexibility index (Phi) is 5.80. The zero-order valence-corrected chi connectivity index (χ0v) is 14.2. The molecule has 2 amide bonds. The van der Waals surface area contributed by atoms with Crippen LogP contribution < -0.4 is 15.6 Å². The fourth-order valence-electron chi connectivity index (χ4n) is 2.31. The lowest BCUT2D eigenvalue weighted by molar-refractivity contribution is -0.123. The number of carbonyl (C=O) groups excluding carboxylic acids is 2. The summed E-state index contributed by atoms with van der Waals surface area (Å²) in [6, 6.07) is 18.3. The van der Waals surface area contributed by atoms with Crippen LogP contribution in [0.2, 0.25) is 0 Å². The molecule has 0 saturated heterocycles. The monoisotopic (exact) mass is 367 g/mol. The number of hydrazine groups is 1. The number of aromatic nitrogens is 1. The number of aliphatic hydroxyl groups is 1. The van der Waals surface area contributed by atoms with Gasteiger partial charge in [0.15, 0.2) is 18.1 Å². The standard InChI is InChI=1S/C19H17N3O5/c23-11-14-10-16(22-27-14)19(25)21-20-18(24)12-26-17-9-5-4-8-15(17)13-6-2-1-3-7-13/h1-10,23H,11-12H2,(H,20,24)(H,21,25). The number of para-hydroxylation sites is 1. The maximum atomic E-state index is 11.9. The molecule has 0 bridgehead atoms. The van der Waals surface area contributed by atoms with Crippen LogP contribution in [-0.2, 0) is 11.4 Å². The van der Waals surface area contributed by atoms with E-state index in [9.17, 15) is 9.59 Å². The minimum atomic E-state index is -0.670. The van der Waals surface area contributed by atoms with Gasteiger partial charge < -0.3 is 14.4 Å². The third-order valence-corrected chi connectivity index (χ3v) is 3.59. The molecule has 1 heterocycles. The van der Waals surface area contributed by atoms with Gasteiger partial charge in [0, 0.05) is 11.6 Å². The summed E-state index contributed by atoms with van der Waals surface area (Å²) >= 11 is 0. The average Bonchev–Trinajstić information content (AvgIpc) is 3.21. The highest BCUT2D eigenvalue weighted by atomic mass is 16.5. The molecule has 8 nitrogen and oxygen atoms in total. The fraction of sp³-hybridized carbons (Fsp3) is 0.105. The van der Waals surface area contributed by atoms with E-state index in [1.807, 2.05) is 48.5 Å². The minimum absolute atomic E-state index is 0.0605. The van der Waals surface area contributed by atoms with Crippen molar-refractivity contribution in [1.82, 2.24) is 16.0 Å². The van der Waals surface area contributed by atoms with Gasteiger partial charge in [-0.05, 0) is 11.6 Å². The molecule has 3 rings (SSSR count). The summed E-state index contributed by atoms with van der Waals surface area (Å²) < 4.78 is 10.3. The summed E-state index contributed by atoms with van der Waals surface area (Å²) in [5.74, 6) is -0.518. The molecule has 0 aliphatic rings. The van der Waals surface area contributed by atoms with E-state index in [2.05, 4.69) is 16.0 Å². The van der Waals surface area contributed by atoms with Crippen LogP contribution in [0.15, 0.2) is 65.2 Å². The second-order valence-electron chi connectivity index (χ2n) is 5.49. The van der Waals surface area contributed by atoms with Crippen molar-refractivity contribution in [3.63, 3.8) is 0 Å². The Morgan fingerprint density at radius 2 is 1.78 bits per heavy atom. The lowest BCUT2D eigenvalue weighted by atomic mass is 10.1. The van der Waals surface area contributed by atoms with Crippen molar-refractivity contribution in [3.8, 4) is 16.9 Å². The maximum Gasteiger partial charge on any atom is 0.291 e. The van der Waals surface area contributed by atoms with Crippen LogP contribution in [0.4, 0.5) is 0 Å². The Hall–Kier alpha value is -3.65. The fourth-order valence-corrected chi connectivity index (χ4v) is 2.31. The summed E-state index contributed by atoms with van der Waals surface area (Å²) in [6.07, 6.45) is 0. The predicted molar refractivity (Wildman–Crippen MR) is 95.4 cm³/mol. The largest absolute Gasteiger partial charge is 0.483 e. The van der Waals surface area contributed by atoms with E-state index in [4.69, 9.17) is 14.4 Å². The molecule has 1 aromatic heterocycles. The van der Waals surface area contributed by atoms with Gasteiger partial charge in [-0.2, -0.15) is 0 Å². The van der Waals surface area contributed by atoms with Gasteiger partial charge >= 0.3 is 0 Å². The highest BCUT2D eigenvalue weighted by Gasteiger charge is 2.13. The molecular formula is C19H17N3O5. The number of aliphatic hydroxyl groups excluding tert-OH is 1. The summed E-state index contributed by atoms with van der Waals surface area (Å²) in [5.41, 5.74) is 6.19. The number of hydrogen-bond donors (Lipinski definition) is 3. The van der Waals surface area contributed by atoms with Crippen molar-refractivity contribution < 1.29 is 24.0 Å². The van der Waals surface area contributed by atoms with Gasteiger partial charge in [-0.25, -0.2) is 0 Å². The molecule has 0 atom stereocenters. The lowest BCUT2D eigenvalue weighted by Crippen LogP contribution is -2.44. The van der Waals surface area contributed by atoms with Gasteiger partial charge in [-0.1, -0.05) is 53.7 Å². The number of nitrogens with one attached hydrogen (secondary N) is 2. The van der Waals surface area contributed by atoms with E-state index in [1.54, 1.807) is 6.07 Å². The van der Waals surface area contributed by atoms with Crippen LogP contribution in [0.1, 0.15) is 16.2 Å². The predicted octanol–water partition coefficient (Wildman–Crippen LogP) is 1.67. The SMILES string of the molecule is O=C(COc1ccccc1-c1ccccc1)NNC(=O)c1cc(CO)on1. The molecule has 0 spiro atoms. The molecule has 3 N–H and O–H groups in total. The number of carbonyl (C=O) groups is 2. The molecule has 0 saturated carbocycles. The van der Waals surface area contributed by atoms with Crippen LogP contribution in [0.3, 0.4) is 0 Å². The topological polar surface area (TPSA) is 114 Å². The highest BCUT2D eigenvalue weighted by molar-refractivity contribution is 5.93. The lowest BCUT2D eigenvalue weighted by Gasteiger charge is -2.12. The van der Waals surface area contributed by atoms with Crippen molar-refractivity contribution in [2.24, 2.45) is 0 Å². The van der Waals surface area contributed by atoms with Gasteiger partial charge in [0.2, 0.25) is 0 Å². The number of benzene rings is 2. The smallest absolute Gasteiger partial charge is 0.291 e. The highest BCUT2D eigenvalue weighted by Crippen LogP contribution is 2.29. The molecule has 27 heavy (non-hydrogen) atoms. The van der Waals surface area contributed by atoms with E-state index < -0.39 is 11.8 Å². The first-order valence-corrected chi connectivity index (χ1v) is 8.10. The van der Waals surface area contributed by atoms with Gasteiger partial charge in [0.25, 0.3) is 11.8 Å². The first-order valence-electron chi connectivity index (χ1n) is 8.10. The summed E-state index contributed by atoms with van der Waals surface area (Å²) in [5, 5.41) is 12.4. The van der Waals surface area contributed by atoms with Gasteiger partial charge in [-0.15, -0.1) is 0 Å². The molecule has 0 radical (unpaired) electrons. The van der Waals surface area contributed by atoms with E-state index in [-0.39, 0.29) is 24.7 Å². The third kappa shape index (κ3) is 4.71. The van der Waals surface area contributed by atoms with Crippen molar-refractivity contribution >= 4 is 11.8 Å². The van der Waals surface area contributed by atoms with E-state index in [0.29, 0.717) is 5.75 Å². The normalized spacial score (nSPS) is 10.3. The van der Waals surface area contributed by atoms with E-state index in [1.165, 1.54) is 6.07 Å². The van der Waals surface area contributed by atoms with Gasteiger partial charge in [-0.3, -0.25) is 20.4 Å². The van der Waals surface area contributed by atoms with Crippen LogP contribution in [0.25, 0.3) is 11.1 Å². The van der Waals surface area contributed by atoms with Crippen molar-refractivity contribution in [3.05, 3.63) is 72.1 Å². The van der Waals surface area contributed by atoms with Gasteiger partial charge in [0.05, 0.1) is 0 Å². The molecule has 0 fully saturated rings. The second-order valence-corrected chi connectivity index (χ2v) is 5.49.